The molecule has 0 spiro atoms. The molecular formula is C24H40N4OS. The lowest BCUT2D eigenvalue weighted by molar-refractivity contribution is 0.0859. The predicted octanol–water partition coefficient (Wildman–Crippen LogP) is 5.71. The number of hydrogen-bond donors (Lipinski definition) is 3. The van der Waals surface area contributed by atoms with Gasteiger partial charge in [-0.05, 0) is 102 Å². The average molecular weight is 433 g/mol. The van der Waals surface area contributed by atoms with Crippen molar-refractivity contribution in [3.8, 4) is 0 Å². The molecule has 1 aromatic rings. The number of fused-ring (bicyclic) bond motifs is 1. The number of nitrogens with one attached hydrogen (secondary N) is 2. The fraction of sp³-hybridized carbons (Fsp3) is 0.708. The number of rotatable bonds is 3. The Bertz CT molecular complexity index is 771. The number of hydrazone groups is 1. The maximum Gasteiger partial charge on any atom is 0.116 e. The van der Waals surface area contributed by atoms with Crippen LogP contribution < -0.4 is 10.0 Å². The van der Waals surface area contributed by atoms with Crippen molar-refractivity contribution in [1.29, 1.82) is 0 Å². The molecule has 3 atom stereocenters. The monoisotopic (exact) mass is 432 g/mol. The van der Waals surface area contributed by atoms with E-state index in [2.05, 4.69) is 67.9 Å². The van der Waals surface area contributed by atoms with E-state index in [0.29, 0.717) is 5.92 Å². The zero-order chi connectivity index (χ0) is 22.1. The van der Waals surface area contributed by atoms with Gasteiger partial charge < -0.3 is 10.4 Å². The first kappa shape index (κ1) is 23.4. The maximum atomic E-state index is 9.93. The van der Waals surface area contributed by atoms with Crippen molar-refractivity contribution in [2.45, 2.75) is 109 Å². The van der Waals surface area contributed by atoms with E-state index in [1.807, 2.05) is 13.8 Å². The molecule has 1 aliphatic carbocycles. The number of benzene rings is 1. The van der Waals surface area contributed by atoms with Gasteiger partial charge in [-0.1, -0.05) is 13.8 Å². The Hall–Kier alpha value is -1.24. The van der Waals surface area contributed by atoms with Crippen LogP contribution in [-0.4, -0.2) is 33.6 Å². The Labute approximate surface area is 187 Å². The molecule has 3 N–H and O–H groups in total. The second-order valence-electron chi connectivity index (χ2n) is 10.0. The summed E-state index contributed by atoms with van der Waals surface area (Å²) in [5.74, 6) is 0.449. The minimum absolute atomic E-state index is 0.0113. The van der Waals surface area contributed by atoms with Gasteiger partial charge in [0.2, 0.25) is 0 Å². The van der Waals surface area contributed by atoms with Crippen molar-refractivity contribution in [3.63, 3.8) is 0 Å². The molecule has 1 aromatic carbocycles. The molecule has 5 nitrogen and oxygen atoms in total. The lowest BCUT2D eigenvalue weighted by atomic mass is 9.93. The highest BCUT2D eigenvalue weighted by atomic mass is 32.2. The van der Waals surface area contributed by atoms with Crippen LogP contribution >= 0.6 is 11.9 Å². The minimum Gasteiger partial charge on any atom is -0.393 e. The summed E-state index contributed by atoms with van der Waals surface area (Å²) < 4.78 is 3.50. The average Bonchev–Trinajstić information content (AvgIpc) is 3.26. The van der Waals surface area contributed by atoms with Gasteiger partial charge in [0.1, 0.15) is 6.17 Å². The van der Waals surface area contributed by atoms with Crippen LogP contribution in [0.4, 0.5) is 5.69 Å². The summed E-state index contributed by atoms with van der Waals surface area (Å²) in [4.78, 5) is 1.31. The Balaban J connectivity index is 0.00000124. The van der Waals surface area contributed by atoms with Crippen molar-refractivity contribution < 1.29 is 5.11 Å². The first-order valence-corrected chi connectivity index (χ1v) is 12.3. The number of anilines is 1. The Morgan fingerprint density at radius 2 is 1.93 bits per heavy atom. The highest BCUT2D eigenvalue weighted by Gasteiger charge is 2.36. The van der Waals surface area contributed by atoms with E-state index in [4.69, 9.17) is 5.10 Å². The van der Waals surface area contributed by atoms with Crippen molar-refractivity contribution >= 4 is 23.3 Å². The van der Waals surface area contributed by atoms with E-state index in [0.717, 1.165) is 37.8 Å². The van der Waals surface area contributed by atoms with Crippen LogP contribution in [0.3, 0.4) is 0 Å². The summed E-state index contributed by atoms with van der Waals surface area (Å²) in [5, 5.41) is 21.1. The quantitative estimate of drug-likeness (QED) is 0.534. The van der Waals surface area contributed by atoms with Crippen molar-refractivity contribution in [3.05, 3.63) is 23.8 Å². The van der Waals surface area contributed by atoms with Crippen LogP contribution in [0.2, 0.25) is 0 Å². The van der Waals surface area contributed by atoms with Crippen LogP contribution in [0.15, 0.2) is 28.2 Å². The number of aliphatic hydroxyl groups is 1. The number of nitrogens with zero attached hydrogens (tertiary/aromatic N) is 2. The molecule has 0 radical (unpaired) electrons. The fourth-order valence-electron chi connectivity index (χ4n) is 4.59. The van der Waals surface area contributed by atoms with Gasteiger partial charge in [-0.25, -0.2) is 4.72 Å². The summed E-state index contributed by atoms with van der Waals surface area (Å²) in [6.07, 6.45) is 4.94. The summed E-state index contributed by atoms with van der Waals surface area (Å²) in [6.45, 7) is 15.1. The third kappa shape index (κ3) is 4.97. The van der Waals surface area contributed by atoms with E-state index >= 15 is 0 Å². The van der Waals surface area contributed by atoms with E-state index in [1.165, 1.54) is 16.2 Å². The first-order valence-electron chi connectivity index (χ1n) is 11.5. The van der Waals surface area contributed by atoms with E-state index in [1.54, 1.807) is 11.9 Å². The molecule has 0 saturated heterocycles. The van der Waals surface area contributed by atoms with E-state index < -0.39 is 0 Å². The summed E-state index contributed by atoms with van der Waals surface area (Å²) in [5.41, 5.74) is 3.71. The molecule has 1 fully saturated rings. The van der Waals surface area contributed by atoms with Gasteiger partial charge in [-0.15, -0.1) is 0 Å². The second kappa shape index (κ2) is 9.09. The minimum atomic E-state index is -0.145. The van der Waals surface area contributed by atoms with Crippen LogP contribution in [0.1, 0.15) is 86.1 Å². The summed E-state index contributed by atoms with van der Waals surface area (Å²) in [7, 11) is 0. The Morgan fingerprint density at radius 3 is 2.57 bits per heavy atom. The third-order valence-corrected chi connectivity index (χ3v) is 7.36. The number of hydrogen-bond acceptors (Lipinski definition) is 6. The number of aliphatic hydroxyl groups excluding tert-OH is 1. The van der Waals surface area contributed by atoms with Gasteiger partial charge in [0, 0.05) is 27.8 Å². The van der Waals surface area contributed by atoms with E-state index in [-0.39, 0.29) is 23.3 Å². The molecule has 6 heteroatoms. The molecule has 4 rings (SSSR count). The Morgan fingerprint density at radius 1 is 1.20 bits per heavy atom. The standard InChI is InChI=1S/C22H34N4OS.C2H6/c1-21(2,3)26-20(11-9-18(24-26)14-6-8-16(27)12-14)23-15-7-10-19-17(13-15)22(4,5)25-28-19;1-2/h7,10,13-14,16,20,23,25,27H,6,8-9,11-12H2,1-5H3;1-2H3. The van der Waals surface area contributed by atoms with Gasteiger partial charge in [0.15, 0.2) is 0 Å². The van der Waals surface area contributed by atoms with Crippen LogP contribution in [-0.2, 0) is 5.54 Å². The molecule has 0 aromatic heterocycles. The van der Waals surface area contributed by atoms with Gasteiger partial charge in [-0.2, -0.15) is 5.10 Å². The van der Waals surface area contributed by atoms with Crippen LogP contribution in [0.5, 0.6) is 0 Å². The summed E-state index contributed by atoms with van der Waals surface area (Å²) >= 11 is 1.72. The zero-order valence-corrected chi connectivity index (χ0v) is 20.6. The molecule has 0 amide bonds. The molecule has 0 bridgehead atoms. The zero-order valence-electron chi connectivity index (χ0n) is 19.7. The van der Waals surface area contributed by atoms with Gasteiger partial charge in [0.05, 0.1) is 11.6 Å². The van der Waals surface area contributed by atoms with Crippen molar-refractivity contribution in [2.24, 2.45) is 11.0 Å². The molecule has 3 aliphatic rings. The molecular weight excluding hydrogens is 392 g/mol. The molecule has 2 aliphatic heterocycles. The van der Waals surface area contributed by atoms with Crippen LogP contribution in [0, 0.1) is 5.92 Å². The smallest absolute Gasteiger partial charge is 0.116 e. The largest absolute Gasteiger partial charge is 0.393 e. The third-order valence-electron chi connectivity index (χ3n) is 6.17. The van der Waals surface area contributed by atoms with Crippen molar-refractivity contribution in [1.82, 2.24) is 9.73 Å². The topological polar surface area (TPSA) is 59.9 Å². The van der Waals surface area contributed by atoms with E-state index in [9.17, 15) is 5.11 Å². The molecule has 168 valence electrons. The highest BCUT2D eigenvalue weighted by molar-refractivity contribution is 7.97. The molecule has 2 heterocycles. The lowest BCUT2D eigenvalue weighted by Gasteiger charge is -2.44. The molecule has 30 heavy (non-hydrogen) atoms. The van der Waals surface area contributed by atoms with Crippen molar-refractivity contribution in [2.75, 3.05) is 5.32 Å². The van der Waals surface area contributed by atoms with Gasteiger partial charge >= 0.3 is 0 Å². The van der Waals surface area contributed by atoms with Gasteiger partial charge in [-0.3, -0.25) is 5.01 Å². The van der Waals surface area contributed by atoms with Gasteiger partial charge in [0.25, 0.3) is 0 Å². The fourth-order valence-corrected chi connectivity index (χ4v) is 5.62. The normalized spacial score (nSPS) is 27.8. The SMILES string of the molecule is CC.CC1(C)NSc2ccc(NC3CCC(C4CCC(O)C4)=NN3C(C)(C)C)cc21. The first-order chi connectivity index (χ1) is 14.1. The second-order valence-corrected chi connectivity index (χ2v) is 10.9. The lowest BCUT2D eigenvalue weighted by Crippen LogP contribution is -2.51. The molecule has 1 saturated carbocycles. The maximum absolute atomic E-state index is 9.93. The highest BCUT2D eigenvalue weighted by Crippen LogP contribution is 2.41. The van der Waals surface area contributed by atoms with Crippen LogP contribution in [0.25, 0.3) is 0 Å². The Kier molecular flexibility index (Phi) is 7.10. The summed E-state index contributed by atoms with van der Waals surface area (Å²) in [6, 6.07) is 6.68. The predicted molar refractivity (Wildman–Crippen MR) is 129 cm³/mol. The molecule has 3 unspecified atom stereocenters.